The molecule has 3 saturated carbocycles. The molecule has 0 bridgehead atoms. The van der Waals surface area contributed by atoms with Crippen molar-refractivity contribution in [2.45, 2.75) is 77.3 Å². The van der Waals surface area contributed by atoms with E-state index in [4.69, 9.17) is 0 Å². The second kappa shape index (κ2) is 5.96. The maximum absolute atomic E-state index is 3.84. The lowest BCUT2D eigenvalue weighted by atomic mass is 9.70. The molecule has 3 aliphatic carbocycles. The van der Waals surface area contributed by atoms with E-state index >= 15 is 0 Å². The fourth-order valence-electron chi connectivity index (χ4n) is 4.03. The summed E-state index contributed by atoms with van der Waals surface area (Å²) in [6.07, 6.45) is 11.5. The van der Waals surface area contributed by atoms with Gasteiger partial charge >= 0.3 is 0 Å². The van der Waals surface area contributed by atoms with Crippen molar-refractivity contribution >= 4 is 0 Å². The lowest BCUT2D eigenvalue weighted by molar-refractivity contribution is 0.0767. The second-order valence-electron chi connectivity index (χ2n) is 8.33. The van der Waals surface area contributed by atoms with Crippen LogP contribution in [0.25, 0.3) is 0 Å². The Morgan fingerprint density at radius 2 is 1.75 bits per heavy atom. The maximum Gasteiger partial charge on any atom is 0.00923 e. The summed E-state index contributed by atoms with van der Waals surface area (Å²) in [6.45, 7) is 7.48. The molecule has 116 valence electrons. The summed E-state index contributed by atoms with van der Waals surface area (Å²) in [5.41, 5.74) is 0.562. The van der Waals surface area contributed by atoms with E-state index < -0.39 is 0 Å². The van der Waals surface area contributed by atoms with Crippen LogP contribution >= 0.6 is 0 Å². The molecule has 3 rings (SSSR count). The quantitative estimate of drug-likeness (QED) is 0.764. The van der Waals surface area contributed by atoms with Crippen molar-refractivity contribution in [1.82, 2.24) is 10.2 Å². The molecule has 1 N–H and O–H groups in total. The molecule has 0 aliphatic heterocycles. The van der Waals surface area contributed by atoms with Crippen molar-refractivity contribution in [2.75, 3.05) is 20.1 Å². The first-order valence-corrected chi connectivity index (χ1v) is 9.02. The molecule has 0 heterocycles. The van der Waals surface area contributed by atoms with Crippen molar-refractivity contribution in [3.8, 4) is 0 Å². The summed E-state index contributed by atoms with van der Waals surface area (Å²) in [7, 11) is 2.37. The fourth-order valence-corrected chi connectivity index (χ4v) is 4.03. The molecule has 2 heteroatoms. The fraction of sp³-hybridized carbons (Fsp3) is 1.00. The molecule has 0 saturated heterocycles. The van der Waals surface area contributed by atoms with Gasteiger partial charge in [-0.3, -0.25) is 0 Å². The van der Waals surface area contributed by atoms with Gasteiger partial charge in [-0.2, -0.15) is 0 Å². The third kappa shape index (κ3) is 3.76. The van der Waals surface area contributed by atoms with Gasteiger partial charge in [0.1, 0.15) is 0 Å². The van der Waals surface area contributed by atoms with Crippen LogP contribution in [0.5, 0.6) is 0 Å². The summed E-state index contributed by atoms with van der Waals surface area (Å²) >= 11 is 0. The minimum atomic E-state index is 0.562. The summed E-state index contributed by atoms with van der Waals surface area (Å²) in [5.74, 6) is 1.95. The van der Waals surface area contributed by atoms with Crippen LogP contribution in [0.15, 0.2) is 0 Å². The Hall–Kier alpha value is -0.0800. The molecular formula is C18H34N2. The SMILES string of the molecule is CC1CCC(CNC2CC2)(CN(C)C(C)C2CC2)CC1. The normalized spacial score (nSPS) is 36.3. The third-order valence-corrected chi connectivity index (χ3v) is 6.26. The minimum absolute atomic E-state index is 0.562. The van der Waals surface area contributed by atoms with E-state index in [9.17, 15) is 0 Å². The Balaban J connectivity index is 1.57. The topological polar surface area (TPSA) is 15.3 Å². The van der Waals surface area contributed by atoms with Crippen molar-refractivity contribution in [2.24, 2.45) is 17.3 Å². The van der Waals surface area contributed by atoms with Gasteiger partial charge < -0.3 is 10.2 Å². The van der Waals surface area contributed by atoms with Gasteiger partial charge in [-0.25, -0.2) is 0 Å². The van der Waals surface area contributed by atoms with Crippen LogP contribution in [0.1, 0.15) is 65.2 Å². The lowest BCUT2D eigenvalue weighted by Crippen LogP contribution is -2.48. The molecule has 0 aromatic carbocycles. The van der Waals surface area contributed by atoms with E-state index in [0.29, 0.717) is 5.41 Å². The number of nitrogens with zero attached hydrogens (tertiary/aromatic N) is 1. The van der Waals surface area contributed by atoms with Crippen molar-refractivity contribution in [3.05, 3.63) is 0 Å². The first-order chi connectivity index (χ1) is 9.58. The molecule has 0 spiro atoms. The molecular weight excluding hydrogens is 244 g/mol. The summed E-state index contributed by atoms with van der Waals surface area (Å²) in [5, 5.41) is 3.84. The summed E-state index contributed by atoms with van der Waals surface area (Å²) in [4.78, 5) is 2.68. The van der Waals surface area contributed by atoms with Crippen LogP contribution in [-0.2, 0) is 0 Å². The van der Waals surface area contributed by atoms with E-state index in [2.05, 4.69) is 31.1 Å². The van der Waals surface area contributed by atoms with Crippen molar-refractivity contribution in [1.29, 1.82) is 0 Å². The van der Waals surface area contributed by atoms with Crippen molar-refractivity contribution < 1.29 is 0 Å². The highest BCUT2D eigenvalue weighted by Crippen LogP contribution is 2.41. The van der Waals surface area contributed by atoms with Crippen LogP contribution in [0.2, 0.25) is 0 Å². The van der Waals surface area contributed by atoms with Gasteiger partial charge in [0.15, 0.2) is 0 Å². The Bertz CT molecular complexity index is 311. The average Bonchev–Trinajstić information content (AvgIpc) is 3.30. The average molecular weight is 278 g/mol. The Kier molecular flexibility index (Phi) is 4.42. The molecule has 0 aromatic heterocycles. The van der Waals surface area contributed by atoms with E-state index in [1.165, 1.54) is 64.5 Å². The molecule has 1 atom stereocenters. The standard InChI is InChI=1S/C18H34N2/c1-14-8-10-18(11-9-14,12-19-17-6-7-17)13-20(3)15(2)16-4-5-16/h14-17,19H,4-13H2,1-3H3. The van der Waals surface area contributed by atoms with Gasteiger partial charge in [0.25, 0.3) is 0 Å². The molecule has 3 aliphatic rings. The van der Waals surface area contributed by atoms with Crippen LogP contribution in [0.3, 0.4) is 0 Å². The molecule has 0 radical (unpaired) electrons. The van der Waals surface area contributed by atoms with Crippen LogP contribution in [0, 0.1) is 17.3 Å². The first-order valence-electron chi connectivity index (χ1n) is 9.02. The first kappa shape index (κ1) is 14.8. The van der Waals surface area contributed by atoms with Gasteiger partial charge in [-0.15, -0.1) is 0 Å². The van der Waals surface area contributed by atoms with Crippen LogP contribution < -0.4 is 5.32 Å². The summed E-state index contributed by atoms with van der Waals surface area (Å²) < 4.78 is 0. The molecule has 3 fully saturated rings. The predicted molar refractivity (Wildman–Crippen MR) is 85.9 cm³/mol. The van der Waals surface area contributed by atoms with Crippen LogP contribution in [0.4, 0.5) is 0 Å². The van der Waals surface area contributed by atoms with Gasteiger partial charge in [0.05, 0.1) is 0 Å². The number of rotatable bonds is 7. The Morgan fingerprint density at radius 1 is 1.10 bits per heavy atom. The van der Waals surface area contributed by atoms with E-state index in [0.717, 1.165) is 23.9 Å². The minimum Gasteiger partial charge on any atom is -0.313 e. The maximum atomic E-state index is 3.84. The lowest BCUT2D eigenvalue weighted by Gasteiger charge is -2.43. The molecule has 0 aromatic rings. The zero-order chi connectivity index (χ0) is 14.2. The molecule has 1 unspecified atom stereocenters. The number of nitrogens with one attached hydrogen (secondary N) is 1. The summed E-state index contributed by atoms with van der Waals surface area (Å²) in [6, 6.07) is 1.66. The van der Waals surface area contributed by atoms with Crippen LogP contribution in [-0.4, -0.2) is 37.1 Å². The van der Waals surface area contributed by atoms with Crippen molar-refractivity contribution in [3.63, 3.8) is 0 Å². The highest BCUT2D eigenvalue weighted by atomic mass is 15.1. The van der Waals surface area contributed by atoms with Gasteiger partial charge in [0, 0.05) is 25.2 Å². The van der Waals surface area contributed by atoms with E-state index in [1.807, 2.05) is 0 Å². The molecule has 0 amide bonds. The zero-order valence-corrected chi connectivity index (χ0v) is 13.8. The largest absolute Gasteiger partial charge is 0.313 e. The monoisotopic (exact) mass is 278 g/mol. The second-order valence-corrected chi connectivity index (χ2v) is 8.33. The van der Waals surface area contributed by atoms with Gasteiger partial charge in [-0.1, -0.05) is 19.8 Å². The van der Waals surface area contributed by atoms with E-state index in [-0.39, 0.29) is 0 Å². The molecule has 20 heavy (non-hydrogen) atoms. The predicted octanol–water partition coefficient (Wildman–Crippen LogP) is 3.67. The highest BCUT2D eigenvalue weighted by molar-refractivity contribution is 4.94. The smallest absolute Gasteiger partial charge is 0.00923 e. The Labute approximate surface area is 125 Å². The third-order valence-electron chi connectivity index (χ3n) is 6.26. The molecule has 2 nitrogen and oxygen atoms in total. The van der Waals surface area contributed by atoms with E-state index in [1.54, 1.807) is 0 Å². The Morgan fingerprint density at radius 3 is 2.30 bits per heavy atom. The van der Waals surface area contributed by atoms with Gasteiger partial charge in [0.2, 0.25) is 0 Å². The van der Waals surface area contributed by atoms with Gasteiger partial charge in [-0.05, 0) is 69.7 Å². The highest BCUT2D eigenvalue weighted by Gasteiger charge is 2.39. The number of hydrogen-bond acceptors (Lipinski definition) is 2. The number of hydrogen-bond donors (Lipinski definition) is 1. The zero-order valence-electron chi connectivity index (χ0n) is 13.8.